The van der Waals surface area contributed by atoms with Crippen molar-refractivity contribution in [2.75, 3.05) is 26.2 Å². The third kappa shape index (κ3) is 4.82. The lowest BCUT2D eigenvalue weighted by Crippen LogP contribution is -2.48. The first-order chi connectivity index (χ1) is 17.4. The third-order valence-electron chi connectivity index (χ3n) is 6.70. The van der Waals surface area contributed by atoms with Crippen molar-refractivity contribution in [3.8, 4) is 0 Å². The second kappa shape index (κ2) is 9.44. The summed E-state index contributed by atoms with van der Waals surface area (Å²) in [5.74, 6) is 0. The Morgan fingerprint density at radius 3 is 1.57 bits per heavy atom. The average molecular weight is 551 g/mol. The van der Waals surface area contributed by atoms with Crippen LogP contribution in [0.3, 0.4) is 0 Å². The SMILES string of the molecule is CC1CN(S(=O)(=O)c2ccc3c(c2)oc(=O)c2cc(S(=O)(=O)N4CC(C)OC(C)C4)ccc23)CC(C)O1. The molecule has 0 spiro atoms. The molecule has 200 valence electrons. The molecule has 0 bridgehead atoms. The van der Waals surface area contributed by atoms with E-state index in [0.29, 0.717) is 10.8 Å². The van der Waals surface area contributed by atoms with Crippen LogP contribution >= 0.6 is 0 Å². The van der Waals surface area contributed by atoms with Crippen LogP contribution in [0, 0.1) is 0 Å². The van der Waals surface area contributed by atoms with E-state index in [-0.39, 0.29) is 71.4 Å². The van der Waals surface area contributed by atoms with Crippen molar-refractivity contribution in [3.05, 3.63) is 46.8 Å². The number of benzene rings is 2. The molecule has 2 aliphatic heterocycles. The Kier molecular flexibility index (Phi) is 6.70. The smallest absolute Gasteiger partial charge is 0.344 e. The number of morpholine rings is 2. The number of hydrogen-bond acceptors (Lipinski definition) is 8. The van der Waals surface area contributed by atoms with Gasteiger partial charge in [-0.05, 0) is 52.0 Å². The largest absolute Gasteiger partial charge is 0.422 e. The summed E-state index contributed by atoms with van der Waals surface area (Å²) >= 11 is 0. The third-order valence-corrected chi connectivity index (χ3v) is 10.4. The lowest BCUT2D eigenvalue weighted by Gasteiger charge is -2.34. The van der Waals surface area contributed by atoms with E-state index in [9.17, 15) is 21.6 Å². The zero-order chi connectivity index (χ0) is 26.7. The molecular weight excluding hydrogens is 520 g/mol. The van der Waals surface area contributed by atoms with Crippen molar-refractivity contribution in [2.24, 2.45) is 0 Å². The topological polar surface area (TPSA) is 123 Å². The molecule has 3 heterocycles. The lowest BCUT2D eigenvalue weighted by atomic mass is 10.1. The summed E-state index contributed by atoms with van der Waals surface area (Å²) in [5, 5.41) is 1.09. The highest BCUT2D eigenvalue weighted by molar-refractivity contribution is 7.89. The van der Waals surface area contributed by atoms with E-state index in [1.807, 2.05) is 27.7 Å². The highest BCUT2D eigenvalue weighted by Gasteiger charge is 2.34. The summed E-state index contributed by atoms with van der Waals surface area (Å²) in [6, 6.07) is 8.75. The molecule has 5 rings (SSSR count). The van der Waals surface area contributed by atoms with Gasteiger partial charge in [-0.15, -0.1) is 0 Å². The second-order valence-corrected chi connectivity index (χ2v) is 13.8. The van der Waals surface area contributed by atoms with Crippen LogP contribution < -0.4 is 5.63 Å². The van der Waals surface area contributed by atoms with Crippen molar-refractivity contribution < 1.29 is 30.7 Å². The van der Waals surface area contributed by atoms with E-state index in [1.54, 1.807) is 12.1 Å². The van der Waals surface area contributed by atoms with Gasteiger partial charge < -0.3 is 13.9 Å². The summed E-state index contributed by atoms with van der Waals surface area (Å²) in [7, 11) is -7.70. The van der Waals surface area contributed by atoms with Crippen molar-refractivity contribution in [1.29, 1.82) is 0 Å². The van der Waals surface area contributed by atoms with Crippen LogP contribution in [0.5, 0.6) is 0 Å². The Morgan fingerprint density at radius 1 is 0.649 bits per heavy atom. The standard InChI is InChI=1S/C25H30N2O8S2/c1-15-11-26(12-16(2)33-15)36(29,30)19-5-7-21-22-8-6-20(10-24(22)35-25(28)23(21)9-19)37(31,32)27-13-17(3)34-18(4)14-27/h5-10,15-18H,11-14H2,1-4H3. The first kappa shape index (κ1) is 26.3. The van der Waals surface area contributed by atoms with Crippen molar-refractivity contribution in [1.82, 2.24) is 8.61 Å². The minimum Gasteiger partial charge on any atom is -0.422 e. The van der Waals surface area contributed by atoms with E-state index in [2.05, 4.69) is 0 Å². The van der Waals surface area contributed by atoms with Crippen LogP contribution in [0.15, 0.2) is 55.4 Å². The zero-order valence-electron chi connectivity index (χ0n) is 21.1. The fraction of sp³-hybridized carbons (Fsp3) is 0.480. The fourth-order valence-electron chi connectivity index (χ4n) is 5.16. The molecular formula is C25H30N2O8S2. The van der Waals surface area contributed by atoms with E-state index in [0.717, 1.165) is 0 Å². The molecule has 3 aromatic rings. The summed E-state index contributed by atoms with van der Waals surface area (Å²) < 4.78 is 72.7. The van der Waals surface area contributed by atoms with E-state index in [4.69, 9.17) is 13.9 Å². The van der Waals surface area contributed by atoms with Crippen molar-refractivity contribution in [2.45, 2.75) is 61.9 Å². The van der Waals surface area contributed by atoms with Crippen LogP contribution in [0.1, 0.15) is 27.7 Å². The number of nitrogens with zero attached hydrogens (tertiary/aromatic N) is 2. The Balaban J connectivity index is 1.55. The molecule has 2 saturated heterocycles. The van der Waals surface area contributed by atoms with Gasteiger partial charge in [-0.3, -0.25) is 0 Å². The van der Waals surface area contributed by atoms with Gasteiger partial charge in [0, 0.05) is 43.0 Å². The van der Waals surface area contributed by atoms with Gasteiger partial charge in [0.25, 0.3) is 0 Å². The maximum atomic E-state index is 13.3. The minimum atomic E-state index is -3.86. The highest BCUT2D eigenvalue weighted by Crippen LogP contribution is 2.30. The second-order valence-electron chi connectivity index (χ2n) is 9.91. The Morgan fingerprint density at radius 2 is 1.08 bits per heavy atom. The van der Waals surface area contributed by atoms with Crippen LogP contribution in [0.4, 0.5) is 0 Å². The van der Waals surface area contributed by atoms with Crippen LogP contribution in [0.2, 0.25) is 0 Å². The maximum Gasteiger partial charge on any atom is 0.344 e. The number of fused-ring (bicyclic) bond motifs is 3. The Bertz CT molecular complexity index is 1610. The highest BCUT2D eigenvalue weighted by atomic mass is 32.2. The number of sulfonamides is 2. The normalized spacial score (nSPS) is 26.6. The van der Waals surface area contributed by atoms with Crippen molar-refractivity contribution >= 4 is 41.8 Å². The molecule has 0 saturated carbocycles. The van der Waals surface area contributed by atoms with Crippen LogP contribution in [-0.4, -0.2) is 76.0 Å². The molecule has 0 radical (unpaired) electrons. The first-order valence-electron chi connectivity index (χ1n) is 12.2. The van der Waals surface area contributed by atoms with Gasteiger partial charge in [0.15, 0.2) is 0 Å². The summed E-state index contributed by atoms with van der Waals surface area (Å²) in [5.41, 5.74) is -0.634. The molecule has 10 nitrogen and oxygen atoms in total. The molecule has 0 N–H and O–H groups in total. The Hall–Kier alpha value is -2.35. The zero-order valence-corrected chi connectivity index (χ0v) is 22.7. The van der Waals surface area contributed by atoms with Gasteiger partial charge in [-0.25, -0.2) is 21.6 Å². The molecule has 2 aromatic carbocycles. The Labute approximate surface area is 215 Å². The molecule has 4 unspecified atom stereocenters. The monoisotopic (exact) mass is 550 g/mol. The quantitative estimate of drug-likeness (QED) is 0.359. The molecule has 0 amide bonds. The van der Waals surface area contributed by atoms with Gasteiger partial charge >= 0.3 is 5.63 Å². The molecule has 37 heavy (non-hydrogen) atoms. The molecule has 1 aromatic heterocycles. The van der Waals surface area contributed by atoms with E-state index >= 15 is 0 Å². The minimum absolute atomic E-state index is 0.0114. The van der Waals surface area contributed by atoms with Crippen LogP contribution in [-0.2, 0) is 29.5 Å². The molecule has 2 aliphatic rings. The first-order valence-corrected chi connectivity index (χ1v) is 15.1. The average Bonchev–Trinajstić information content (AvgIpc) is 2.82. The molecule has 12 heteroatoms. The summed E-state index contributed by atoms with van der Waals surface area (Å²) in [6.45, 7) is 8.15. The molecule has 2 fully saturated rings. The molecule has 4 atom stereocenters. The van der Waals surface area contributed by atoms with E-state index in [1.165, 1.54) is 32.9 Å². The number of hydrogen-bond donors (Lipinski definition) is 0. The lowest BCUT2D eigenvalue weighted by molar-refractivity contribution is -0.0442. The van der Waals surface area contributed by atoms with Crippen LogP contribution in [0.25, 0.3) is 21.7 Å². The van der Waals surface area contributed by atoms with Gasteiger partial charge in [0.2, 0.25) is 20.0 Å². The van der Waals surface area contributed by atoms with E-state index < -0.39 is 25.7 Å². The molecule has 0 aliphatic carbocycles. The fourth-order valence-corrected chi connectivity index (χ4v) is 8.39. The predicted molar refractivity (Wildman–Crippen MR) is 138 cm³/mol. The summed E-state index contributed by atoms with van der Waals surface area (Å²) in [4.78, 5) is 12.9. The predicted octanol–water partition coefficient (Wildman–Crippen LogP) is 2.54. The van der Waals surface area contributed by atoms with Gasteiger partial charge in [-0.1, -0.05) is 6.07 Å². The summed E-state index contributed by atoms with van der Waals surface area (Å²) in [6.07, 6.45) is -0.977. The number of ether oxygens (including phenoxy) is 2. The van der Waals surface area contributed by atoms with Gasteiger partial charge in [0.05, 0.1) is 39.6 Å². The maximum absolute atomic E-state index is 13.3. The number of rotatable bonds is 4. The van der Waals surface area contributed by atoms with Gasteiger partial charge in [-0.2, -0.15) is 8.61 Å². The van der Waals surface area contributed by atoms with Crippen molar-refractivity contribution in [3.63, 3.8) is 0 Å². The van der Waals surface area contributed by atoms with Gasteiger partial charge in [0.1, 0.15) is 5.58 Å².